The van der Waals surface area contributed by atoms with E-state index in [1.807, 2.05) is 37.3 Å². The molecule has 1 atom stereocenters. The maximum atomic E-state index is 12.9. The molecule has 0 spiro atoms. The molecule has 0 aliphatic rings. The molecule has 104 valence electrons. The number of hydrogen-bond donors (Lipinski definition) is 3. The summed E-state index contributed by atoms with van der Waals surface area (Å²) in [6.07, 6.45) is 0. The van der Waals surface area contributed by atoms with Gasteiger partial charge in [-0.1, -0.05) is 30.3 Å². The van der Waals surface area contributed by atoms with Crippen LogP contribution in [0, 0.1) is 5.82 Å². The van der Waals surface area contributed by atoms with Crippen LogP contribution in [-0.4, -0.2) is 5.96 Å². The summed E-state index contributed by atoms with van der Waals surface area (Å²) in [7, 11) is 0. The summed E-state index contributed by atoms with van der Waals surface area (Å²) in [5.74, 6) is 5.66. The molecular formula is C15H17FN4. The lowest BCUT2D eigenvalue weighted by molar-refractivity contribution is 0.626. The van der Waals surface area contributed by atoms with Gasteiger partial charge in [0, 0.05) is 5.69 Å². The van der Waals surface area contributed by atoms with Crippen molar-refractivity contribution in [1.82, 2.24) is 5.43 Å². The smallest absolute Gasteiger partial charge is 0.210 e. The van der Waals surface area contributed by atoms with Crippen LogP contribution in [-0.2, 0) is 0 Å². The Kier molecular flexibility index (Phi) is 4.68. The van der Waals surface area contributed by atoms with Gasteiger partial charge in [-0.15, -0.1) is 0 Å². The van der Waals surface area contributed by atoms with Crippen molar-refractivity contribution in [3.63, 3.8) is 0 Å². The van der Waals surface area contributed by atoms with E-state index in [1.54, 1.807) is 12.1 Å². The largest absolute Gasteiger partial charge is 0.325 e. The van der Waals surface area contributed by atoms with Gasteiger partial charge in [-0.3, -0.25) is 5.43 Å². The second kappa shape index (κ2) is 6.68. The molecule has 0 bridgehead atoms. The molecule has 2 aromatic rings. The average molecular weight is 272 g/mol. The third kappa shape index (κ3) is 3.80. The Balaban J connectivity index is 2.12. The van der Waals surface area contributed by atoms with Crippen molar-refractivity contribution < 1.29 is 4.39 Å². The molecule has 4 N–H and O–H groups in total. The zero-order valence-corrected chi connectivity index (χ0v) is 11.2. The molecule has 0 saturated heterocycles. The molecular weight excluding hydrogens is 255 g/mol. The number of aliphatic imine (C=N–C) groups is 1. The summed E-state index contributed by atoms with van der Waals surface area (Å²) < 4.78 is 12.9. The Labute approximate surface area is 117 Å². The van der Waals surface area contributed by atoms with Crippen LogP contribution in [0.3, 0.4) is 0 Å². The molecule has 0 aliphatic carbocycles. The number of nitrogens with two attached hydrogens (primary N) is 1. The van der Waals surface area contributed by atoms with Gasteiger partial charge < -0.3 is 5.32 Å². The predicted molar refractivity (Wildman–Crippen MR) is 79.6 cm³/mol. The molecule has 2 rings (SSSR count). The molecule has 0 aromatic heterocycles. The first-order chi connectivity index (χ1) is 9.69. The number of benzene rings is 2. The number of rotatable bonds is 3. The number of anilines is 1. The number of para-hydroxylation sites is 1. The molecule has 0 heterocycles. The SMILES string of the molecule is CC(N=C(NN)Nc1ccccc1)c1ccc(F)cc1. The van der Waals surface area contributed by atoms with E-state index < -0.39 is 0 Å². The minimum Gasteiger partial charge on any atom is -0.325 e. The van der Waals surface area contributed by atoms with Gasteiger partial charge >= 0.3 is 0 Å². The average Bonchev–Trinajstić information content (AvgIpc) is 2.48. The van der Waals surface area contributed by atoms with Crippen molar-refractivity contribution >= 4 is 11.6 Å². The molecule has 0 fully saturated rings. The Morgan fingerprint density at radius 2 is 1.75 bits per heavy atom. The van der Waals surface area contributed by atoms with Gasteiger partial charge in [0.1, 0.15) is 5.82 Å². The lowest BCUT2D eigenvalue weighted by atomic mass is 10.1. The summed E-state index contributed by atoms with van der Waals surface area (Å²) in [5, 5.41) is 3.08. The topological polar surface area (TPSA) is 62.4 Å². The summed E-state index contributed by atoms with van der Waals surface area (Å²) in [6, 6.07) is 15.7. The second-order valence-electron chi connectivity index (χ2n) is 4.34. The normalized spacial score (nSPS) is 12.8. The van der Waals surface area contributed by atoms with E-state index >= 15 is 0 Å². The van der Waals surface area contributed by atoms with Crippen LogP contribution in [0.25, 0.3) is 0 Å². The maximum absolute atomic E-state index is 12.9. The number of nitrogens with zero attached hydrogens (tertiary/aromatic N) is 1. The van der Waals surface area contributed by atoms with Gasteiger partial charge in [0.2, 0.25) is 5.96 Å². The van der Waals surface area contributed by atoms with E-state index in [0.29, 0.717) is 5.96 Å². The van der Waals surface area contributed by atoms with Gasteiger partial charge in [-0.05, 0) is 36.8 Å². The van der Waals surface area contributed by atoms with Crippen molar-refractivity contribution in [2.45, 2.75) is 13.0 Å². The van der Waals surface area contributed by atoms with E-state index in [9.17, 15) is 4.39 Å². The van der Waals surface area contributed by atoms with Gasteiger partial charge in [-0.25, -0.2) is 15.2 Å². The monoisotopic (exact) mass is 272 g/mol. The highest BCUT2D eigenvalue weighted by Crippen LogP contribution is 2.17. The van der Waals surface area contributed by atoms with Gasteiger partial charge in [0.15, 0.2) is 0 Å². The van der Waals surface area contributed by atoms with E-state index in [0.717, 1.165) is 11.3 Å². The van der Waals surface area contributed by atoms with E-state index in [2.05, 4.69) is 15.7 Å². The zero-order chi connectivity index (χ0) is 14.4. The van der Waals surface area contributed by atoms with E-state index in [4.69, 9.17) is 5.84 Å². The lowest BCUT2D eigenvalue weighted by Crippen LogP contribution is -2.36. The highest BCUT2D eigenvalue weighted by Gasteiger charge is 2.06. The first-order valence-corrected chi connectivity index (χ1v) is 6.31. The lowest BCUT2D eigenvalue weighted by Gasteiger charge is -2.13. The number of guanidine groups is 1. The minimum atomic E-state index is -0.260. The molecule has 0 amide bonds. The van der Waals surface area contributed by atoms with Crippen molar-refractivity contribution in [3.8, 4) is 0 Å². The number of halogens is 1. The maximum Gasteiger partial charge on any atom is 0.210 e. The van der Waals surface area contributed by atoms with Gasteiger partial charge in [0.05, 0.1) is 6.04 Å². The molecule has 20 heavy (non-hydrogen) atoms. The van der Waals surface area contributed by atoms with E-state index in [-0.39, 0.29) is 11.9 Å². The van der Waals surface area contributed by atoms with Crippen LogP contribution in [0.4, 0.5) is 10.1 Å². The Morgan fingerprint density at radius 1 is 1.10 bits per heavy atom. The quantitative estimate of drug-likeness (QED) is 0.348. The summed E-state index contributed by atoms with van der Waals surface area (Å²) >= 11 is 0. The van der Waals surface area contributed by atoms with Crippen molar-refractivity contribution in [1.29, 1.82) is 0 Å². The fourth-order valence-electron chi connectivity index (χ4n) is 1.77. The van der Waals surface area contributed by atoms with Crippen molar-refractivity contribution in [2.75, 3.05) is 5.32 Å². The Bertz CT molecular complexity index is 566. The van der Waals surface area contributed by atoms with E-state index in [1.165, 1.54) is 12.1 Å². The number of nitrogens with one attached hydrogen (secondary N) is 2. The molecule has 1 unspecified atom stereocenters. The Morgan fingerprint density at radius 3 is 2.35 bits per heavy atom. The third-order valence-corrected chi connectivity index (χ3v) is 2.85. The van der Waals surface area contributed by atoms with Gasteiger partial charge in [0.25, 0.3) is 0 Å². The third-order valence-electron chi connectivity index (χ3n) is 2.85. The van der Waals surface area contributed by atoms with Crippen molar-refractivity contribution in [3.05, 3.63) is 66.0 Å². The molecule has 0 radical (unpaired) electrons. The molecule has 0 aliphatic heterocycles. The first kappa shape index (κ1) is 14.0. The summed E-state index contributed by atoms with van der Waals surface area (Å²) in [4.78, 5) is 4.44. The van der Waals surface area contributed by atoms with Gasteiger partial charge in [-0.2, -0.15) is 0 Å². The Hall–Kier alpha value is -2.40. The fourth-order valence-corrected chi connectivity index (χ4v) is 1.77. The first-order valence-electron chi connectivity index (χ1n) is 6.31. The highest BCUT2D eigenvalue weighted by atomic mass is 19.1. The summed E-state index contributed by atoms with van der Waals surface area (Å²) in [6.45, 7) is 1.91. The molecule has 0 saturated carbocycles. The minimum absolute atomic E-state index is 0.141. The van der Waals surface area contributed by atoms with Crippen LogP contribution < -0.4 is 16.6 Å². The zero-order valence-electron chi connectivity index (χ0n) is 11.2. The second-order valence-corrected chi connectivity index (χ2v) is 4.34. The van der Waals surface area contributed by atoms with Crippen LogP contribution in [0.1, 0.15) is 18.5 Å². The molecule has 2 aromatic carbocycles. The summed E-state index contributed by atoms with van der Waals surface area (Å²) in [5.41, 5.74) is 4.32. The van der Waals surface area contributed by atoms with Crippen LogP contribution >= 0.6 is 0 Å². The molecule has 4 nitrogen and oxygen atoms in total. The number of hydrogen-bond acceptors (Lipinski definition) is 2. The van der Waals surface area contributed by atoms with Crippen LogP contribution in [0.5, 0.6) is 0 Å². The number of hydrazine groups is 1. The van der Waals surface area contributed by atoms with Crippen molar-refractivity contribution in [2.24, 2.45) is 10.8 Å². The molecule has 5 heteroatoms. The highest BCUT2D eigenvalue weighted by molar-refractivity contribution is 5.93. The van der Waals surface area contributed by atoms with Crippen LogP contribution in [0.15, 0.2) is 59.6 Å². The standard InChI is InChI=1S/C15H17FN4/c1-11(12-7-9-13(16)10-8-12)18-15(20-17)19-14-5-3-2-4-6-14/h2-11H,17H2,1H3,(H2,18,19,20). The van der Waals surface area contributed by atoms with Crippen LogP contribution in [0.2, 0.25) is 0 Å². The fraction of sp³-hybridized carbons (Fsp3) is 0.133. The predicted octanol–water partition coefficient (Wildman–Crippen LogP) is 2.82.